The van der Waals surface area contributed by atoms with Gasteiger partial charge < -0.3 is 0 Å². The van der Waals surface area contributed by atoms with E-state index in [9.17, 15) is 0 Å². The van der Waals surface area contributed by atoms with Crippen LogP contribution in [0.25, 0.3) is 0 Å². The van der Waals surface area contributed by atoms with Gasteiger partial charge in [-0.05, 0) is 31.9 Å². The van der Waals surface area contributed by atoms with Crippen LogP contribution >= 0.6 is 0 Å². The zero-order chi connectivity index (χ0) is 8.69. The fourth-order valence-corrected chi connectivity index (χ4v) is 0.746. The van der Waals surface area contributed by atoms with Gasteiger partial charge in [0.25, 0.3) is 0 Å². The van der Waals surface area contributed by atoms with E-state index in [4.69, 9.17) is 0 Å². The lowest BCUT2D eigenvalue weighted by molar-refractivity contribution is 1.22. The van der Waals surface area contributed by atoms with E-state index in [1.807, 2.05) is 14.0 Å². The van der Waals surface area contributed by atoms with E-state index < -0.39 is 0 Å². The van der Waals surface area contributed by atoms with Crippen LogP contribution in [-0.4, -0.2) is 12.8 Å². The fraction of sp³-hybridized carbons (Fsp3) is 0.500. The first-order chi connectivity index (χ1) is 5.20. The van der Waals surface area contributed by atoms with Gasteiger partial charge in [0.2, 0.25) is 0 Å². The van der Waals surface area contributed by atoms with E-state index in [2.05, 4.69) is 37.1 Å². The molecule has 0 radical (unpaired) electrons. The Kier molecular flexibility index (Phi) is 5.44. The summed E-state index contributed by atoms with van der Waals surface area (Å²) in [6.45, 7) is 6.22. The van der Waals surface area contributed by atoms with E-state index in [1.165, 1.54) is 5.57 Å². The van der Waals surface area contributed by atoms with Crippen LogP contribution in [0.15, 0.2) is 28.8 Å². The molecule has 0 atom stereocenters. The number of rotatable bonds is 3. The van der Waals surface area contributed by atoms with Gasteiger partial charge in [-0.3, -0.25) is 4.99 Å². The quantitative estimate of drug-likeness (QED) is 0.434. The first-order valence-corrected chi connectivity index (χ1v) is 3.99. The van der Waals surface area contributed by atoms with E-state index in [1.54, 1.807) is 0 Å². The summed E-state index contributed by atoms with van der Waals surface area (Å²) in [4.78, 5) is 4.04. The summed E-state index contributed by atoms with van der Waals surface area (Å²) in [6, 6.07) is 0. The summed E-state index contributed by atoms with van der Waals surface area (Å²) in [5.74, 6) is 0. The molecule has 1 nitrogen and oxygen atoms in total. The second-order valence-electron chi connectivity index (χ2n) is 2.56. The maximum Gasteiger partial charge on any atom is 0.0316 e. The molecular weight excluding hydrogens is 134 g/mol. The van der Waals surface area contributed by atoms with Crippen molar-refractivity contribution in [3.05, 3.63) is 23.8 Å². The van der Waals surface area contributed by atoms with Crippen molar-refractivity contribution in [2.24, 2.45) is 4.99 Å². The molecule has 0 amide bonds. The van der Waals surface area contributed by atoms with Crippen molar-refractivity contribution in [1.82, 2.24) is 0 Å². The molecule has 0 saturated heterocycles. The highest BCUT2D eigenvalue weighted by Gasteiger charge is 1.83. The van der Waals surface area contributed by atoms with Crippen molar-refractivity contribution in [2.75, 3.05) is 7.05 Å². The average molecular weight is 151 g/mol. The minimum atomic E-state index is 1.07. The maximum absolute atomic E-state index is 4.04. The zero-order valence-corrected chi connectivity index (χ0v) is 7.89. The van der Waals surface area contributed by atoms with Gasteiger partial charge in [0, 0.05) is 12.8 Å². The first kappa shape index (κ1) is 10.2. The van der Waals surface area contributed by atoms with Gasteiger partial charge >= 0.3 is 0 Å². The number of hydrogen-bond donors (Lipinski definition) is 0. The SMILES string of the molecule is CC/C=C\C(C)=C/C(C)=NC. The number of nitrogens with zero attached hydrogens (tertiary/aromatic N) is 1. The van der Waals surface area contributed by atoms with E-state index in [-0.39, 0.29) is 0 Å². The smallest absolute Gasteiger partial charge is 0.0316 e. The molecule has 0 aliphatic rings. The molecule has 0 aromatic rings. The Morgan fingerprint density at radius 3 is 2.45 bits per heavy atom. The van der Waals surface area contributed by atoms with Gasteiger partial charge in [-0.1, -0.05) is 19.1 Å². The Morgan fingerprint density at radius 2 is 2.00 bits per heavy atom. The van der Waals surface area contributed by atoms with Crippen molar-refractivity contribution in [3.63, 3.8) is 0 Å². The highest BCUT2D eigenvalue weighted by atomic mass is 14.7. The van der Waals surface area contributed by atoms with Crippen molar-refractivity contribution < 1.29 is 0 Å². The summed E-state index contributed by atoms with van der Waals surface area (Å²) in [5, 5.41) is 0. The highest BCUT2D eigenvalue weighted by Crippen LogP contribution is 1.96. The summed E-state index contributed by atoms with van der Waals surface area (Å²) >= 11 is 0. The lowest BCUT2D eigenvalue weighted by Gasteiger charge is -1.91. The maximum atomic E-state index is 4.04. The minimum Gasteiger partial charge on any atom is -0.293 e. The largest absolute Gasteiger partial charge is 0.293 e. The van der Waals surface area contributed by atoms with Crippen LogP contribution in [0, 0.1) is 0 Å². The first-order valence-electron chi connectivity index (χ1n) is 3.99. The molecule has 62 valence electrons. The van der Waals surface area contributed by atoms with Gasteiger partial charge in [-0.2, -0.15) is 0 Å². The molecule has 0 aromatic carbocycles. The summed E-state index contributed by atoms with van der Waals surface area (Å²) < 4.78 is 0. The molecule has 0 aliphatic heterocycles. The summed E-state index contributed by atoms with van der Waals surface area (Å²) in [5.41, 5.74) is 2.33. The highest BCUT2D eigenvalue weighted by molar-refractivity contribution is 5.93. The van der Waals surface area contributed by atoms with Crippen molar-refractivity contribution in [1.29, 1.82) is 0 Å². The minimum absolute atomic E-state index is 1.07. The lowest BCUT2D eigenvalue weighted by Crippen LogP contribution is -1.84. The van der Waals surface area contributed by atoms with Gasteiger partial charge in [0.05, 0.1) is 0 Å². The molecule has 0 saturated carbocycles. The summed E-state index contributed by atoms with van der Waals surface area (Å²) in [6.07, 6.45) is 7.43. The topological polar surface area (TPSA) is 12.4 Å². The number of allylic oxidation sites excluding steroid dienone is 4. The Morgan fingerprint density at radius 1 is 1.36 bits per heavy atom. The average Bonchev–Trinajstić information content (AvgIpc) is 2.00. The molecule has 0 unspecified atom stereocenters. The van der Waals surface area contributed by atoms with Crippen LogP contribution in [0.1, 0.15) is 27.2 Å². The van der Waals surface area contributed by atoms with Gasteiger partial charge in [0.15, 0.2) is 0 Å². The molecule has 1 heteroatoms. The van der Waals surface area contributed by atoms with Crippen LogP contribution in [0.4, 0.5) is 0 Å². The van der Waals surface area contributed by atoms with E-state index in [0.717, 1.165) is 12.1 Å². The third kappa shape index (κ3) is 5.59. The fourth-order valence-electron chi connectivity index (χ4n) is 0.746. The van der Waals surface area contributed by atoms with Crippen molar-refractivity contribution in [3.8, 4) is 0 Å². The predicted molar refractivity (Wildman–Crippen MR) is 52.2 cm³/mol. The lowest BCUT2D eigenvalue weighted by atomic mass is 10.2. The molecule has 0 bridgehead atoms. The Balaban J connectivity index is 4.11. The van der Waals surface area contributed by atoms with Crippen LogP contribution in [0.2, 0.25) is 0 Å². The predicted octanol–water partition coefficient (Wildman–Crippen LogP) is 2.99. The van der Waals surface area contributed by atoms with Crippen LogP contribution in [0.5, 0.6) is 0 Å². The number of aliphatic imine (C=N–C) groups is 1. The Labute approximate surface area is 69.5 Å². The van der Waals surface area contributed by atoms with Crippen LogP contribution in [-0.2, 0) is 0 Å². The standard InChI is InChI=1S/C10H17N/c1-5-6-7-9(2)8-10(3)11-4/h6-8H,5H2,1-4H3/b7-6-,9-8-,11-10?. The monoisotopic (exact) mass is 151 g/mol. The Hall–Kier alpha value is -0.850. The van der Waals surface area contributed by atoms with Gasteiger partial charge in [0.1, 0.15) is 0 Å². The van der Waals surface area contributed by atoms with Crippen LogP contribution in [0.3, 0.4) is 0 Å². The van der Waals surface area contributed by atoms with Crippen LogP contribution < -0.4 is 0 Å². The Bertz CT molecular complexity index is 185. The molecule has 11 heavy (non-hydrogen) atoms. The van der Waals surface area contributed by atoms with Gasteiger partial charge in [-0.25, -0.2) is 0 Å². The molecule has 0 rings (SSSR count). The molecule has 0 aromatic heterocycles. The second kappa shape index (κ2) is 5.90. The summed E-state index contributed by atoms with van der Waals surface area (Å²) in [7, 11) is 1.81. The third-order valence-corrected chi connectivity index (χ3v) is 1.41. The molecular formula is C10H17N. The van der Waals surface area contributed by atoms with E-state index >= 15 is 0 Å². The molecule has 0 heterocycles. The molecule has 0 aliphatic carbocycles. The van der Waals surface area contributed by atoms with Gasteiger partial charge in [-0.15, -0.1) is 0 Å². The zero-order valence-electron chi connectivity index (χ0n) is 7.89. The number of hydrogen-bond acceptors (Lipinski definition) is 1. The normalized spacial score (nSPS) is 14.5. The van der Waals surface area contributed by atoms with E-state index in [0.29, 0.717) is 0 Å². The van der Waals surface area contributed by atoms with Crippen molar-refractivity contribution >= 4 is 5.71 Å². The molecule has 0 spiro atoms. The van der Waals surface area contributed by atoms with Crippen molar-refractivity contribution in [2.45, 2.75) is 27.2 Å². The second-order valence-corrected chi connectivity index (χ2v) is 2.56. The molecule has 0 fully saturated rings. The third-order valence-electron chi connectivity index (χ3n) is 1.41. The molecule has 0 N–H and O–H groups in total.